The van der Waals surface area contributed by atoms with Gasteiger partial charge in [-0.1, -0.05) is 13.8 Å². The first-order valence-electron chi connectivity index (χ1n) is 5.92. The molecule has 80 valence electrons. The van der Waals surface area contributed by atoms with Crippen LogP contribution < -0.4 is 5.32 Å². The lowest BCUT2D eigenvalue weighted by molar-refractivity contribution is 0.332. The van der Waals surface area contributed by atoms with Gasteiger partial charge in [-0.05, 0) is 44.6 Å². The lowest BCUT2D eigenvalue weighted by Crippen LogP contribution is -2.35. The molecule has 0 amide bonds. The molecule has 14 heavy (non-hydrogen) atoms. The number of hydrogen-bond acceptors (Lipinski definition) is 1. The minimum absolute atomic E-state index is 0.688. The fraction of sp³-hybridized carbons (Fsp3) is 0.846. The minimum Gasteiger partial charge on any atom is -0.314 e. The number of hydrogen-bond donors (Lipinski definition) is 1. The van der Waals surface area contributed by atoms with E-state index in [2.05, 4.69) is 31.0 Å². The maximum Gasteiger partial charge on any atom is 0.0104 e. The molecule has 1 aliphatic carbocycles. The van der Waals surface area contributed by atoms with Gasteiger partial charge in [0.1, 0.15) is 0 Å². The summed E-state index contributed by atoms with van der Waals surface area (Å²) in [5.74, 6) is 7.97. The van der Waals surface area contributed by atoms with E-state index in [1.54, 1.807) is 0 Å². The molecule has 1 nitrogen and oxygen atoms in total. The zero-order valence-electron chi connectivity index (χ0n) is 9.77. The molecule has 1 fully saturated rings. The molecule has 1 N–H and O–H groups in total. The van der Waals surface area contributed by atoms with E-state index in [-0.39, 0.29) is 0 Å². The third-order valence-electron chi connectivity index (χ3n) is 3.22. The maximum atomic E-state index is 3.59. The topological polar surface area (TPSA) is 12.0 Å². The summed E-state index contributed by atoms with van der Waals surface area (Å²) < 4.78 is 0. The Morgan fingerprint density at radius 2 is 2.14 bits per heavy atom. The first-order chi connectivity index (χ1) is 6.79. The fourth-order valence-corrected chi connectivity index (χ4v) is 2.12. The minimum atomic E-state index is 0.688. The van der Waals surface area contributed by atoms with Crippen LogP contribution in [0.1, 0.15) is 46.5 Å². The summed E-state index contributed by atoms with van der Waals surface area (Å²) in [7, 11) is 0. The Labute approximate surface area is 88.7 Å². The Hall–Kier alpha value is -0.480. The van der Waals surface area contributed by atoms with E-state index in [0.717, 1.165) is 24.8 Å². The van der Waals surface area contributed by atoms with E-state index >= 15 is 0 Å². The van der Waals surface area contributed by atoms with Gasteiger partial charge < -0.3 is 5.32 Å². The van der Waals surface area contributed by atoms with Crippen molar-refractivity contribution in [3.05, 3.63) is 0 Å². The van der Waals surface area contributed by atoms with Crippen LogP contribution in [0.5, 0.6) is 0 Å². The van der Waals surface area contributed by atoms with Crippen LogP contribution in [0.15, 0.2) is 0 Å². The van der Waals surface area contributed by atoms with Crippen molar-refractivity contribution in [1.29, 1.82) is 0 Å². The van der Waals surface area contributed by atoms with Crippen molar-refractivity contribution in [3.8, 4) is 11.8 Å². The summed E-state index contributed by atoms with van der Waals surface area (Å²) in [4.78, 5) is 0. The van der Waals surface area contributed by atoms with Crippen LogP contribution in [0.4, 0.5) is 0 Å². The molecule has 2 unspecified atom stereocenters. The first kappa shape index (κ1) is 11.6. The molecule has 0 heterocycles. The Kier molecular flexibility index (Phi) is 5.04. The average molecular weight is 193 g/mol. The molecular weight excluding hydrogens is 170 g/mol. The number of nitrogens with one attached hydrogen (secondary N) is 1. The summed E-state index contributed by atoms with van der Waals surface area (Å²) in [5, 5.41) is 3.59. The molecule has 2 atom stereocenters. The van der Waals surface area contributed by atoms with Crippen molar-refractivity contribution in [3.63, 3.8) is 0 Å². The third-order valence-corrected chi connectivity index (χ3v) is 3.22. The van der Waals surface area contributed by atoms with Crippen LogP contribution in [0, 0.1) is 23.7 Å². The molecule has 1 aliphatic rings. The summed E-state index contributed by atoms with van der Waals surface area (Å²) in [6.07, 6.45) is 5.16. The molecule has 0 aromatic carbocycles. The monoisotopic (exact) mass is 193 g/mol. The second-order valence-corrected chi connectivity index (χ2v) is 4.33. The van der Waals surface area contributed by atoms with Gasteiger partial charge in [0.2, 0.25) is 0 Å². The van der Waals surface area contributed by atoms with E-state index in [4.69, 9.17) is 0 Å². The highest BCUT2D eigenvalue weighted by Crippen LogP contribution is 2.38. The molecule has 1 saturated carbocycles. The molecule has 0 saturated heterocycles. The van der Waals surface area contributed by atoms with Crippen molar-refractivity contribution in [2.45, 2.75) is 52.5 Å². The van der Waals surface area contributed by atoms with Gasteiger partial charge in [0.25, 0.3) is 0 Å². The van der Waals surface area contributed by atoms with E-state index in [9.17, 15) is 0 Å². The van der Waals surface area contributed by atoms with Crippen LogP contribution in [0.25, 0.3) is 0 Å². The molecule has 0 aromatic heterocycles. The molecule has 1 heteroatoms. The molecule has 0 bridgehead atoms. The van der Waals surface area contributed by atoms with Gasteiger partial charge >= 0.3 is 0 Å². The van der Waals surface area contributed by atoms with Crippen LogP contribution in [0.2, 0.25) is 0 Å². The van der Waals surface area contributed by atoms with Gasteiger partial charge in [-0.25, -0.2) is 0 Å². The van der Waals surface area contributed by atoms with Crippen molar-refractivity contribution in [2.24, 2.45) is 11.8 Å². The van der Waals surface area contributed by atoms with Crippen molar-refractivity contribution >= 4 is 0 Å². The zero-order valence-corrected chi connectivity index (χ0v) is 9.77. The van der Waals surface area contributed by atoms with Gasteiger partial charge in [-0.15, -0.1) is 11.8 Å². The zero-order chi connectivity index (χ0) is 10.4. The molecule has 1 rings (SSSR count). The van der Waals surface area contributed by atoms with E-state index < -0.39 is 0 Å². The Morgan fingerprint density at radius 3 is 2.64 bits per heavy atom. The summed E-state index contributed by atoms with van der Waals surface area (Å²) in [6, 6.07) is 0.688. The molecular formula is C13H23N. The summed E-state index contributed by atoms with van der Waals surface area (Å²) in [6.45, 7) is 7.59. The van der Waals surface area contributed by atoms with Crippen LogP contribution in [0.3, 0.4) is 0 Å². The van der Waals surface area contributed by atoms with Gasteiger partial charge in [0, 0.05) is 12.5 Å². The average Bonchev–Trinajstić information content (AvgIpc) is 2.99. The molecule has 0 aromatic rings. The van der Waals surface area contributed by atoms with Gasteiger partial charge in [-0.2, -0.15) is 0 Å². The van der Waals surface area contributed by atoms with Crippen LogP contribution in [-0.4, -0.2) is 12.6 Å². The van der Waals surface area contributed by atoms with Gasteiger partial charge in [0.05, 0.1) is 0 Å². The SMILES string of the molecule is CC#CCCC(NCC)C(C)C1CC1. The lowest BCUT2D eigenvalue weighted by Gasteiger charge is -2.24. The van der Waals surface area contributed by atoms with E-state index in [1.807, 2.05) is 6.92 Å². The highest BCUT2D eigenvalue weighted by atomic mass is 14.9. The largest absolute Gasteiger partial charge is 0.314 e. The predicted octanol–water partition coefficient (Wildman–Crippen LogP) is 2.81. The summed E-state index contributed by atoms with van der Waals surface area (Å²) in [5.41, 5.74) is 0. The molecule has 0 aliphatic heterocycles. The highest BCUT2D eigenvalue weighted by Gasteiger charge is 2.32. The Morgan fingerprint density at radius 1 is 1.43 bits per heavy atom. The summed E-state index contributed by atoms with van der Waals surface area (Å²) >= 11 is 0. The number of rotatable bonds is 6. The van der Waals surface area contributed by atoms with Crippen LogP contribution in [-0.2, 0) is 0 Å². The quantitative estimate of drug-likeness (QED) is 0.640. The maximum absolute atomic E-state index is 3.59. The van der Waals surface area contributed by atoms with Crippen molar-refractivity contribution < 1.29 is 0 Å². The normalized spacial score (nSPS) is 19.6. The van der Waals surface area contributed by atoms with Gasteiger partial charge in [0.15, 0.2) is 0 Å². The second kappa shape index (κ2) is 6.09. The molecule has 0 radical (unpaired) electrons. The Balaban J connectivity index is 2.31. The third kappa shape index (κ3) is 3.72. The van der Waals surface area contributed by atoms with Gasteiger partial charge in [-0.3, -0.25) is 0 Å². The van der Waals surface area contributed by atoms with Crippen molar-refractivity contribution in [2.75, 3.05) is 6.54 Å². The van der Waals surface area contributed by atoms with E-state index in [0.29, 0.717) is 6.04 Å². The predicted molar refractivity (Wildman–Crippen MR) is 62.0 cm³/mol. The molecule has 0 spiro atoms. The first-order valence-corrected chi connectivity index (χ1v) is 5.92. The van der Waals surface area contributed by atoms with Crippen LogP contribution >= 0.6 is 0 Å². The van der Waals surface area contributed by atoms with E-state index in [1.165, 1.54) is 19.3 Å². The highest BCUT2D eigenvalue weighted by molar-refractivity contribution is 4.97. The van der Waals surface area contributed by atoms with Crippen molar-refractivity contribution in [1.82, 2.24) is 5.32 Å². The second-order valence-electron chi connectivity index (χ2n) is 4.33. The lowest BCUT2D eigenvalue weighted by atomic mass is 9.93. The standard InChI is InChI=1S/C13H23N/c1-4-6-7-8-13(14-5-2)11(3)12-9-10-12/h11-14H,5,7-10H2,1-3H3. The fourth-order valence-electron chi connectivity index (χ4n) is 2.12. The smallest absolute Gasteiger partial charge is 0.0104 e. The Bertz CT molecular complexity index is 207.